The SMILES string of the molecule is CCCCc1ccc(Oc2ccc([N+](=O)[O-])cn2)cc1. The molecule has 0 radical (unpaired) electrons. The lowest BCUT2D eigenvalue weighted by molar-refractivity contribution is -0.385. The van der Waals surface area contributed by atoms with Gasteiger partial charge < -0.3 is 4.74 Å². The topological polar surface area (TPSA) is 65.3 Å². The summed E-state index contributed by atoms with van der Waals surface area (Å²) in [6.45, 7) is 2.16. The maximum atomic E-state index is 10.5. The van der Waals surface area contributed by atoms with Gasteiger partial charge in [0.2, 0.25) is 5.88 Å². The summed E-state index contributed by atoms with van der Waals surface area (Å²) in [6, 6.07) is 10.7. The van der Waals surface area contributed by atoms with Gasteiger partial charge in [-0.1, -0.05) is 25.5 Å². The Labute approximate surface area is 117 Å². The molecule has 0 saturated heterocycles. The van der Waals surface area contributed by atoms with E-state index in [-0.39, 0.29) is 5.69 Å². The number of nitrogens with zero attached hydrogens (tertiary/aromatic N) is 2. The van der Waals surface area contributed by atoms with Crippen LogP contribution in [0.25, 0.3) is 0 Å². The van der Waals surface area contributed by atoms with Crippen molar-refractivity contribution >= 4 is 5.69 Å². The van der Waals surface area contributed by atoms with Gasteiger partial charge in [-0.05, 0) is 30.5 Å². The molecule has 0 amide bonds. The normalized spacial score (nSPS) is 10.2. The summed E-state index contributed by atoms with van der Waals surface area (Å²) in [5.41, 5.74) is 1.23. The Morgan fingerprint density at radius 3 is 2.50 bits per heavy atom. The highest BCUT2D eigenvalue weighted by Gasteiger charge is 2.06. The number of aryl methyl sites for hydroxylation is 1. The second-order valence-corrected chi connectivity index (χ2v) is 4.46. The van der Waals surface area contributed by atoms with E-state index in [0.717, 1.165) is 6.42 Å². The minimum Gasteiger partial charge on any atom is -0.439 e. The Kier molecular flexibility index (Phi) is 4.65. The third-order valence-corrected chi connectivity index (χ3v) is 2.90. The van der Waals surface area contributed by atoms with Crippen molar-refractivity contribution in [3.63, 3.8) is 0 Å². The molecule has 0 saturated carbocycles. The van der Waals surface area contributed by atoms with Crippen LogP contribution in [-0.4, -0.2) is 9.91 Å². The van der Waals surface area contributed by atoms with E-state index >= 15 is 0 Å². The van der Waals surface area contributed by atoms with Crippen LogP contribution in [0.1, 0.15) is 25.3 Å². The van der Waals surface area contributed by atoms with Gasteiger partial charge in [-0.15, -0.1) is 0 Å². The maximum Gasteiger partial charge on any atom is 0.287 e. The number of ether oxygens (including phenoxy) is 1. The van der Waals surface area contributed by atoms with Crippen LogP contribution in [0.5, 0.6) is 11.6 Å². The fraction of sp³-hybridized carbons (Fsp3) is 0.267. The number of rotatable bonds is 6. The molecule has 2 rings (SSSR count). The van der Waals surface area contributed by atoms with Gasteiger partial charge >= 0.3 is 0 Å². The van der Waals surface area contributed by atoms with Gasteiger partial charge in [-0.25, -0.2) is 4.98 Å². The zero-order valence-electron chi connectivity index (χ0n) is 11.3. The van der Waals surface area contributed by atoms with Crippen molar-refractivity contribution in [3.8, 4) is 11.6 Å². The molecule has 0 atom stereocenters. The fourth-order valence-corrected chi connectivity index (χ4v) is 1.77. The summed E-state index contributed by atoms with van der Waals surface area (Å²) in [6.07, 6.45) is 4.59. The van der Waals surface area contributed by atoms with Gasteiger partial charge in [-0.2, -0.15) is 0 Å². The molecule has 0 spiro atoms. The lowest BCUT2D eigenvalue weighted by Crippen LogP contribution is -1.92. The van der Waals surface area contributed by atoms with E-state index in [1.165, 1.54) is 36.7 Å². The van der Waals surface area contributed by atoms with Crippen LogP contribution in [0.2, 0.25) is 0 Å². The monoisotopic (exact) mass is 272 g/mol. The second kappa shape index (κ2) is 6.65. The molecule has 1 heterocycles. The van der Waals surface area contributed by atoms with Crippen molar-refractivity contribution in [2.75, 3.05) is 0 Å². The average molecular weight is 272 g/mol. The number of pyridine rings is 1. The van der Waals surface area contributed by atoms with Crippen LogP contribution in [0.15, 0.2) is 42.6 Å². The Morgan fingerprint density at radius 2 is 1.95 bits per heavy atom. The van der Waals surface area contributed by atoms with Crippen molar-refractivity contribution in [2.24, 2.45) is 0 Å². The Morgan fingerprint density at radius 1 is 1.20 bits per heavy atom. The first kappa shape index (κ1) is 14.0. The molecule has 2 aromatic rings. The molecule has 0 aliphatic heterocycles. The van der Waals surface area contributed by atoms with Crippen LogP contribution in [0.3, 0.4) is 0 Å². The molecule has 5 heteroatoms. The molecule has 0 unspecified atom stereocenters. The summed E-state index contributed by atoms with van der Waals surface area (Å²) < 4.78 is 5.54. The van der Waals surface area contributed by atoms with Gasteiger partial charge in [0.1, 0.15) is 11.9 Å². The zero-order chi connectivity index (χ0) is 14.4. The summed E-state index contributed by atoms with van der Waals surface area (Å²) in [5, 5.41) is 10.5. The predicted octanol–water partition coefficient (Wildman–Crippen LogP) is 4.12. The molecule has 20 heavy (non-hydrogen) atoms. The fourth-order valence-electron chi connectivity index (χ4n) is 1.77. The lowest BCUT2D eigenvalue weighted by Gasteiger charge is -2.05. The Bertz CT molecular complexity index is 565. The summed E-state index contributed by atoms with van der Waals surface area (Å²) in [4.78, 5) is 13.9. The van der Waals surface area contributed by atoms with Crippen LogP contribution in [0.4, 0.5) is 5.69 Å². The standard InChI is InChI=1S/C15H16N2O3/c1-2-3-4-12-5-8-14(9-6-12)20-15-10-7-13(11-16-15)17(18)19/h5-11H,2-4H2,1H3. The van der Waals surface area contributed by atoms with Gasteiger partial charge in [0.15, 0.2) is 0 Å². The van der Waals surface area contributed by atoms with Crippen molar-refractivity contribution in [1.29, 1.82) is 0 Å². The average Bonchev–Trinajstić information content (AvgIpc) is 2.47. The highest BCUT2D eigenvalue weighted by Crippen LogP contribution is 2.21. The van der Waals surface area contributed by atoms with Gasteiger partial charge in [0, 0.05) is 12.1 Å². The van der Waals surface area contributed by atoms with E-state index in [1.54, 1.807) is 0 Å². The van der Waals surface area contributed by atoms with E-state index in [4.69, 9.17) is 4.74 Å². The number of hydrogen-bond donors (Lipinski definition) is 0. The van der Waals surface area contributed by atoms with Gasteiger partial charge in [0.25, 0.3) is 5.69 Å². The molecule has 104 valence electrons. The first-order chi connectivity index (χ1) is 9.69. The zero-order valence-corrected chi connectivity index (χ0v) is 11.3. The number of unbranched alkanes of at least 4 members (excludes halogenated alkanes) is 1. The smallest absolute Gasteiger partial charge is 0.287 e. The van der Waals surface area contributed by atoms with E-state index in [1.807, 2.05) is 24.3 Å². The van der Waals surface area contributed by atoms with E-state index in [9.17, 15) is 10.1 Å². The third kappa shape index (κ3) is 3.78. The van der Waals surface area contributed by atoms with E-state index in [2.05, 4.69) is 11.9 Å². The predicted molar refractivity (Wildman–Crippen MR) is 76.0 cm³/mol. The molecule has 0 aliphatic rings. The second-order valence-electron chi connectivity index (χ2n) is 4.46. The van der Waals surface area contributed by atoms with Gasteiger partial charge in [-0.3, -0.25) is 10.1 Å². The van der Waals surface area contributed by atoms with Crippen LogP contribution in [0, 0.1) is 10.1 Å². The Balaban J connectivity index is 2.00. The maximum absolute atomic E-state index is 10.5. The summed E-state index contributed by atoms with van der Waals surface area (Å²) >= 11 is 0. The van der Waals surface area contributed by atoms with Crippen molar-refractivity contribution in [3.05, 3.63) is 58.3 Å². The van der Waals surface area contributed by atoms with Crippen LogP contribution in [-0.2, 0) is 6.42 Å². The lowest BCUT2D eigenvalue weighted by atomic mass is 10.1. The van der Waals surface area contributed by atoms with Crippen LogP contribution >= 0.6 is 0 Å². The highest BCUT2D eigenvalue weighted by atomic mass is 16.6. The molecule has 0 bridgehead atoms. The molecular weight excluding hydrogens is 256 g/mol. The van der Waals surface area contributed by atoms with Crippen LogP contribution < -0.4 is 4.74 Å². The minimum atomic E-state index is -0.487. The molecule has 0 N–H and O–H groups in total. The molecule has 0 fully saturated rings. The van der Waals surface area contributed by atoms with E-state index < -0.39 is 4.92 Å². The first-order valence-corrected chi connectivity index (χ1v) is 6.56. The van der Waals surface area contributed by atoms with E-state index in [0.29, 0.717) is 11.6 Å². The first-order valence-electron chi connectivity index (χ1n) is 6.56. The Hall–Kier alpha value is -2.43. The van der Waals surface area contributed by atoms with Gasteiger partial charge in [0.05, 0.1) is 4.92 Å². The molecular formula is C15H16N2O3. The van der Waals surface area contributed by atoms with Crippen molar-refractivity contribution in [2.45, 2.75) is 26.2 Å². The number of benzene rings is 1. The third-order valence-electron chi connectivity index (χ3n) is 2.90. The largest absolute Gasteiger partial charge is 0.439 e. The summed E-state index contributed by atoms with van der Waals surface area (Å²) in [7, 11) is 0. The quantitative estimate of drug-likeness (QED) is 0.586. The molecule has 5 nitrogen and oxygen atoms in total. The molecule has 1 aromatic carbocycles. The minimum absolute atomic E-state index is 0.0488. The number of aromatic nitrogens is 1. The van der Waals surface area contributed by atoms with Crippen molar-refractivity contribution < 1.29 is 9.66 Å². The highest BCUT2D eigenvalue weighted by molar-refractivity contribution is 5.33. The number of nitro groups is 1. The number of hydrogen-bond acceptors (Lipinski definition) is 4. The summed E-state index contributed by atoms with van der Waals surface area (Å²) in [5.74, 6) is 1.02. The molecule has 0 aliphatic carbocycles. The molecule has 1 aromatic heterocycles. The van der Waals surface area contributed by atoms with Crippen molar-refractivity contribution in [1.82, 2.24) is 4.98 Å².